The zero-order valence-corrected chi connectivity index (χ0v) is 23.8. The molecule has 2 heterocycles. The van der Waals surface area contributed by atoms with E-state index in [9.17, 15) is 0 Å². The Morgan fingerprint density at radius 3 is 2.33 bits per heavy atom. The molecule has 1 aliphatic carbocycles. The summed E-state index contributed by atoms with van der Waals surface area (Å²) in [6, 6.07) is 24.1. The van der Waals surface area contributed by atoms with E-state index in [-0.39, 0.29) is 5.41 Å². The molecule has 2 aromatic heterocycles. The van der Waals surface area contributed by atoms with Crippen molar-refractivity contribution in [2.24, 2.45) is 0 Å². The van der Waals surface area contributed by atoms with Crippen molar-refractivity contribution in [3.63, 3.8) is 0 Å². The van der Waals surface area contributed by atoms with Crippen molar-refractivity contribution < 1.29 is 0 Å². The van der Waals surface area contributed by atoms with Crippen LogP contribution in [0.25, 0.3) is 27.6 Å². The van der Waals surface area contributed by atoms with Gasteiger partial charge in [-0.2, -0.15) is 5.10 Å². The van der Waals surface area contributed by atoms with Gasteiger partial charge in [-0.15, -0.1) is 22.0 Å². The highest BCUT2D eigenvalue weighted by Gasteiger charge is 2.49. The molecule has 0 saturated heterocycles. The van der Waals surface area contributed by atoms with Crippen LogP contribution in [0, 0.1) is 0 Å². The van der Waals surface area contributed by atoms with Crippen LogP contribution in [0.3, 0.4) is 0 Å². The van der Waals surface area contributed by atoms with Crippen LogP contribution in [0.5, 0.6) is 0 Å². The number of benzene rings is 3. The maximum Gasteiger partial charge on any atom is 0.169 e. The number of thioether (sulfide) groups is 1. The summed E-state index contributed by atoms with van der Waals surface area (Å²) in [6.45, 7) is 0. The van der Waals surface area contributed by atoms with Crippen molar-refractivity contribution in [3.05, 3.63) is 97.9 Å². The van der Waals surface area contributed by atoms with Crippen molar-refractivity contribution >= 4 is 62.2 Å². The number of hydrogen-bond donors (Lipinski definition) is 0. The average Bonchev–Trinajstić information content (AvgIpc) is 3.38. The topological polar surface area (TPSA) is 43.6 Å². The Hall–Kier alpha value is -2.16. The Labute approximate surface area is 235 Å². The Kier molecular flexibility index (Phi) is 6.46. The van der Waals surface area contributed by atoms with E-state index in [2.05, 4.69) is 56.6 Å². The molecule has 1 fully saturated rings. The lowest BCUT2D eigenvalue weighted by atomic mass is 9.97. The Bertz CT molecular complexity index is 1560. The van der Waals surface area contributed by atoms with Crippen LogP contribution in [-0.2, 0) is 5.41 Å². The molecule has 0 spiro atoms. The lowest BCUT2D eigenvalue weighted by Gasteiger charge is -2.11. The fourth-order valence-corrected chi connectivity index (χ4v) is 6.93. The number of aromatic nitrogens is 4. The molecule has 9 heteroatoms. The molecule has 0 amide bonds. The van der Waals surface area contributed by atoms with Crippen molar-refractivity contribution in [1.29, 1.82) is 0 Å². The average molecular weight is 614 g/mol. The van der Waals surface area contributed by atoms with E-state index in [4.69, 9.17) is 28.3 Å². The van der Waals surface area contributed by atoms with Crippen LogP contribution >= 0.6 is 62.2 Å². The molecule has 0 bridgehead atoms. The third kappa shape index (κ3) is 4.21. The largest absolute Gasteiger partial charge is 0.230 e. The Morgan fingerprint density at radius 1 is 0.944 bits per heavy atom. The molecule has 3 aromatic carbocycles. The molecule has 5 aromatic rings. The molecular formula is C27H19BrCl2N4S2. The number of halogens is 3. The van der Waals surface area contributed by atoms with E-state index in [1.54, 1.807) is 23.1 Å². The first-order chi connectivity index (χ1) is 17.5. The SMILES string of the molecule is CSc1c(-c2nnc(C3(c4ccc(Cl)cc4)CC3)s2)nn(-c2ccccc2Cl)c1-c1ccc(Br)cc1. The van der Waals surface area contributed by atoms with Gasteiger partial charge in [0.15, 0.2) is 5.01 Å². The van der Waals surface area contributed by atoms with Crippen molar-refractivity contribution in [2.75, 3.05) is 6.26 Å². The van der Waals surface area contributed by atoms with E-state index in [1.165, 1.54) is 5.56 Å². The zero-order valence-electron chi connectivity index (χ0n) is 19.1. The first kappa shape index (κ1) is 24.2. The molecule has 6 rings (SSSR count). The van der Waals surface area contributed by atoms with Crippen molar-refractivity contribution in [2.45, 2.75) is 23.2 Å². The summed E-state index contributed by atoms with van der Waals surface area (Å²) < 4.78 is 2.95. The molecule has 4 nitrogen and oxygen atoms in total. The molecule has 0 atom stereocenters. The van der Waals surface area contributed by atoms with Crippen LogP contribution < -0.4 is 0 Å². The summed E-state index contributed by atoms with van der Waals surface area (Å²) in [6.07, 6.45) is 4.17. The standard InChI is InChI=1S/C27H19BrCl2N4S2/c1-35-24-22(25-31-32-26(36-25)27(14-15-27)17-8-12-19(29)13-9-17)33-34(21-5-3-2-4-20(21)30)23(24)16-6-10-18(28)11-7-16/h2-13H,14-15H2,1H3. The first-order valence-corrected chi connectivity index (χ1v) is 14.9. The number of nitrogens with zero attached hydrogens (tertiary/aromatic N) is 4. The van der Waals surface area contributed by atoms with E-state index in [0.717, 1.165) is 59.9 Å². The van der Waals surface area contributed by atoms with Crippen LogP contribution in [0.15, 0.2) is 82.2 Å². The lowest BCUT2D eigenvalue weighted by molar-refractivity contribution is 0.806. The van der Waals surface area contributed by atoms with Gasteiger partial charge in [0, 0.05) is 20.5 Å². The molecule has 0 unspecified atom stereocenters. The summed E-state index contributed by atoms with van der Waals surface area (Å²) in [5.74, 6) is 0. The second-order valence-corrected chi connectivity index (χ2v) is 12.2. The van der Waals surface area contributed by atoms with Gasteiger partial charge in [-0.25, -0.2) is 4.68 Å². The van der Waals surface area contributed by atoms with E-state index in [0.29, 0.717) is 5.02 Å². The summed E-state index contributed by atoms with van der Waals surface area (Å²) in [4.78, 5) is 1.04. The quantitative estimate of drug-likeness (QED) is 0.179. The molecule has 0 N–H and O–H groups in total. The van der Waals surface area contributed by atoms with Gasteiger partial charge in [0.25, 0.3) is 0 Å². The van der Waals surface area contributed by atoms with Crippen LogP contribution in [0.4, 0.5) is 0 Å². The second-order valence-electron chi connectivity index (χ2n) is 8.60. The molecular weight excluding hydrogens is 595 g/mol. The summed E-state index contributed by atoms with van der Waals surface area (Å²) >= 11 is 19.6. The molecule has 180 valence electrons. The lowest BCUT2D eigenvalue weighted by Crippen LogP contribution is -2.07. The molecule has 0 aliphatic heterocycles. The van der Waals surface area contributed by atoms with Gasteiger partial charge in [-0.05, 0) is 61.1 Å². The van der Waals surface area contributed by atoms with Gasteiger partial charge >= 0.3 is 0 Å². The fraction of sp³-hybridized carbons (Fsp3) is 0.148. The van der Waals surface area contributed by atoms with Crippen LogP contribution in [0.1, 0.15) is 23.4 Å². The molecule has 1 aliphatic rings. The van der Waals surface area contributed by atoms with Gasteiger partial charge < -0.3 is 0 Å². The maximum absolute atomic E-state index is 6.64. The summed E-state index contributed by atoms with van der Waals surface area (Å²) in [5.41, 5.74) is 4.82. The predicted molar refractivity (Wildman–Crippen MR) is 154 cm³/mol. The molecule has 1 saturated carbocycles. The highest BCUT2D eigenvalue weighted by molar-refractivity contribution is 9.10. The first-order valence-electron chi connectivity index (χ1n) is 11.3. The van der Waals surface area contributed by atoms with Gasteiger partial charge in [0.1, 0.15) is 10.7 Å². The van der Waals surface area contributed by atoms with Gasteiger partial charge in [0.05, 0.1) is 21.3 Å². The van der Waals surface area contributed by atoms with Crippen molar-refractivity contribution in [1.82, 2.24) is 20.0 Å². The minimum absolute atomic E-state index is 0.0835. The van der Waals surface area contributed by atoms with Gasteiger partial charge in [0.2, 0.25) is 0 Å². The Morgan fingerprint density at radius 2 is 1.67 bits per heavy atom. The van der Waals surface area contributed by atoms with Crippen LogP contribution in [0.2, 0.25) is 10.0 Å². The fourth-order valence-electron chi connectivity index (χ4n) is 4.43. The van der Waals surface area contributed by atoms with Gasteiger partial charge in [-0.1, -0.05) is 86.9 Å². The monoisotopic (exact) mass is 612 g/mol. The summed E-state index contributed by atoms with van der Waals surface area (Å²) in [5, 5.41) is 17.6. The normalized spacial score (nSPS) is 14.2. The zero-order chi connectivity index (χ0) is 24.9. The molecule has 0 radical (unpaired) electrons. The third-order valence-electron chi connectivity index (χ3n) is 6.43. The van der Waals surface area contributed by atoms with E-state index >= 15 is 0 Å². The predicted octanol–water partition coefficient (Wildman–Crippen LogP) is 8.93. The number of hydrogen-bond acceptors (Lipinski definition) is 5. The highest BCUT2D eigenvalue weighted by atomic mass is 79.9. The minimum atomic E-state index is -0.0835. The third-order valence-corrected chi connectivity index (χ3v) is 9.46. The maximum atomic E-state index is 6.64. The summed E-state index contributed by atoms with van der Waals surface area (Å²) in [7, 11) is 0. The van der Waals surface area contributed by atoms with Gasteiger partial charge in [-0.3, -0.25) is 0 Å². The minimum Gasteiger partial charge on any atom is -0.230 e. The second kappa shape index (κ2) is 9.62. The Balaban J connectivity index is 1.50. The van der Waals surface area contributed by atoms with Crippen molar-refractivity contribution in [3.8, 4) is 27.6 Å². The smallest absolute Gasteiger partial charge is 0.169 e. The van der Waals surface area contributed by atoms with E-state index < -0.39 is 0 Å². The molecule has 36 heavy (non-hydrogen) atoms. The van der Waals surface area contributed by atoms with Crippen LogP contribution in [-0.4, -0.2) is 26.2 Å². The number of para-hydroxylation sites is 1. The number of rotatable bonds is 6. The highest BCUT2D eigenvalue weighted by Crippen LogP contribution is 2.55. The van der Waals surface area contributed by atoms with E-state index in [1.807, 2.05) is 53.2 Å².